The van der Waals surface area contributed by atoms with Gasteiger partial charge in [-0.05, 0) is 46.2 Å². The van der Waals surface area contributed by atoms with Gasteiger partial charge in [-0.25, -0.2) is 13.1 Å². The van der Waals surface area contributed by atoms with E-state index in [0.29, 0.717) is 25.6 Å². The van der Waals surface area contributed by atoms with Crippen molar-refractivity contribution in [3.05, 3.63) is 35.9 Å². The second-order valence-corrected chi connectivity index (χ2v) is 8.97. The van der Waals surface area contributed by atoms with Crippen molar-refractivity contribution in [2.75, 3.05) is 39.0 Å². The van der Waals surface area contributed by atoms with Gasteiger partial charge in [0.1, 0.15) is 0 Å². The van der Waals surface area contributed by atoms with Crippen LogP contribution in [0.4, 0.5) is 0 Å². The lowest BCUT2D eigenvalue weighted by Crippen LogP contribution is -2.40. The zero-order valence-corrected chi connectivity index (χ0v) is 21.3. The molecule has 0 saturated carbocycles. The number of nitrogens with zero attached hydrogens (tertiary/aromatic N) is 2. The molecule has 0 fully saturated rings. The second kappa shape index (κ2) is 15.9. The summed E-state index contributed by atoms with van der Waals surface area (Å²) in [7, 11) is -0.972. The first-order chi connectivity index (χ1) is 13.4. The Morgan fingerprint density at radius 1 is 1.14 bits per heavy atom. The fraction of sp³-hybridized carbons (Fsp3) is 0.650. The van der Waals surface area contributed by atoms with E-state index in [9.17, 15) is 8.42 Å². The average Bonchev–Trinajstić information content (AvgIpc) is 2.68. The molecule has 0 aromatic heterocycles. The van der Waals surface area contributed by atoms with Gasteiger partial charge >= 0.3 is 0 Å². The highest BCUT2D eigenvalue weighted by Gasteiger charge is 2.10. The Bertz CT molecular complexity index is 671. The van der Waals surface area contributed by atoms with Gasteiger partial charge in [-0.15, -0.1) is 24.0 Å². The van der Waals surface area contributed by atoms with Crippen LogP contribution in [0, 0.1) is 0 Å². The number of nitrogens with one attached hydrogen (secondary N) is 3. The number of hydrogen-bond acceptors (Lipinski definition) is 4. The van der Waals surface area contributed by atoms with Crippen molar-refractivity contribution in [2.24, 2.45) is 4.99 Å². The van der Waals surface area contributed by atoms with E-state index in [1.165, 1.54) is 5.56 Å². The third kappa shape index (κ3) is 13.1. The molecule has 0 aliphatic rings. The van der Waals surface area contributed by atoms with Crippen molar-refractivity contribution in [1.29, 1.82) is 0 Å². The van der Waals surface area contributed by atoms with Crippen LogP contribution in [0.3, 0.4) is 0 Å². The lowest BCUT2D eigenvalue weighted by Gasteiger charge is -2.25. The summed E-state index contributed by atoms with van der Waals surface area (Å²) in [6.07, 6.45) is 1.68. The van der Waals surface area contributed by atoms with E-state index in [2.05, 4.69) is 63.5 Å². The normalized spacial score (nSPS) is 13.1. The molecule has 1 rings (SSSR count). The molecule has 0 radical (unpaired) electrons. The first-order valence-corrected chi connectivity index (χ1v) is 11.8. The third-order valence-electron chi connectivity index (χ3n) is 4.53. The fourth-order valence-electron chi connectivity index (χ4n) is 2.59. The van der Waals surface area contributed by atoms with Crippen molar-refractivity contribution in [3.8, 4) is 0 Å². The molecule has 1 aromatic carbocycles. The Morgan fingerprint density at radius 2 is 1.83 bits per heavy atom. The minimum atomic E-state index is -3.12. The Hall–Kier alpha value is -0.910. The predicted molar refractivity (Wildman–Crippen MR) is 133 cm³/mol. The summed E-state index contributed by atoms with van der Waals surface area (Å²) in [6, 6.07) is 10.9. The topological polar surface area (TPSA) is 85.8 Å². The number of aliphatic imine (C=N–C) groups is 1. The molecule has 0 bridgehead atoms. The zero-order chi connectivity index (χ0) is 20.8. The fourth-order valence-corrected chi connectivity index (χ4v) is 3.25. The number of hydrogen-bond donors (Lipinski definition) is 3. The van der Waals surface area contributed by atoms with Crippen molar-refractivity contribution < 1.29 is 8.42 Å². The molecule has 7 nitrogen and oxygen atoms in total. The molecule has 0 amide bonds. The van der Waals surface area contributed by atoms with Crippen LogP contribution in [0.2, 0.25) is 0 Å². The Labute approximate surface area is 194 Å². The molecule has 1 unspecified atom stereocenters. The second-order valence-electron chi connectivity index (χ2n) is 6.88. The summed E-state index contributed by atoms with van der Waals surface area (Å²) in [5.74, 6) is 0.885. The van der Waals surface area contributed by atoms with Gasteiger partial charge < -0.3 is 10.6 Å². The third-order valence-corrected chi connectivity index (χ3v) is 5.94. The molecule has 1 atom stereocenters. The smallest absolute Gasteiger partial charge is 0.211 e. The molecule has 0 aliphatic carbocycles. The molecule has 0 aliphatic heterocycles. The van der Waals surface area contributed by atoms with Crippen LogP contribution in [0.1, 0.15) is 39.2 Å². The first kappa shape index (κ1) is 28.1. The van der Waals surface area contributed by atoms with E-state index in [1.54, 1.807) is 6.92 Å². The van der Waals surface area contributed by atoms with Gasteiger partial charge in [0.15, 0.2) is 5.96 Å². The van der Waals surface area contributed by atoms with E-state index in [0.717, 1.165) is 32.0 Å². The molecule has 29 heavy (non-hydrogen) atoms. The van der Waals surface area contributed by atoms with Crippen LogP contribution < -0.4 is 15.4 Å². The van der Waals surface area contributed by atoms with E-state index >= 15 is 0 Å². The predicted octanol–water partition coefficient (Wildman–Crippen LogP) is 2.40. The van der Waals surface area contributed by atoms with Gasteiger partial charge in [0, 0.05) is 38.8 Å². The summed E-state index contributed by atoms with van der Waals surface area (Å²) >= 11 is 0. The highest BCUT2D eigenvalue weighted by Crippen LogP contribution is 2.07. The van der Waals surface area contributed by atoms with E-state index in [4.69, 9.17) is 0 Å². The van der Waals surface area contributed by atoms with Crippen molar-refractivity contribution >= 4 is 40.0 Å². The minimum absolute atomic E-state index is 0. The van der Waals surface area contributed by atoms with Crippen molar-refractivity contribution in [3.63, 3.8) is 0 Å². The Morgan fingerprint density at radius 3 is 2.45 bits per heavy atom. The maximum absolute atomic E-state index is 11.4. The molecule has 0 spiro atoms. The SMILES string of the molecule is CCNC(=NCCCNS(=O)(=O)CC)NCCC(C)N(C)Cc1ccccc1.I. The van der Waals surface area contributed by atoms with Crippen LogP contribution in [0.25, 0.3) is 0 Å². The molecule has 9 heteroatoms. The summed E-state index contributed by atoms with van der Waals surface area (Å²) in [4.78, 5) is 6.86. The maximum Gasteiger partial charge on any atom is 0.211 e. The number of halogens is 1. The largest absolute Gasteiger partial charge is 0.357 e. The van der Waals surface area contributed by atoms with E-state index in [1.807, 2.05) is 13.0 Å². The number of guanidine groups is 1. The molecule has 0 saturated heterocycles. The number of rotatable bonds is 13. The summed E-state index contributed by atoms with van der Waals surface area (Å²) in [6.45, 7) is 9.44. The summed E-state index contributed by atoms with van der Waals surface area (Å²) < 4.78 is 25.4. The van der Waals surface area contributed by atoms with Gasteiger partial charge in [-0.2, -0.15) is 0 Å². The van der Waals surface area contributed by atoms with Gasteiger partial charge in [0.2, 0.25) is 10.0 Å². The van der Waals surface area contributed by atoms with Crippen molar-refractivity contribution in [2.45, 2.75) is 46.2 Å². The summed E-state index contributed by atoms with van der Waals surface area (Å²) in [5, 5.41) is 6.59. The van der Waals surface area contributed by atoms with Crippen molar-refractivity contribution in [1.82, 2.24) is 20.3 Å². The van der Waals surface area contributed by atoms with Gasteiger partial charge in [0.25, 0.3) is 0 Å². The lowest BCUT2D eigenvalue weighted by molar-refractivity contribution is 0.238. The quantitative estimate of drug-likeness (QED) is 0.155. The average molecular weight is 540 g/mol. The van der Waals surface area contributed by atoms with Crippen LogP contribution in [0.5, 0.6) is 0 Å². The molecule has 0 heterocycles. The standard InChI is InChI=1S/C20H37N5O2S.HI/c1-5-21-20(22-14-10-15-24-28(26,27)6-2)23-16-13-18(3)25(4)17-19-11-8-7-9-12-19;/h7-9,11-12,18,24H,5-6,10,13-17H2,1-4H3,(H2,21,22,23);1H. The van der Waals surface area contributed by atoms with Crippen LogP contribution in [0.15, 0.2) is 35.3 Å². The highest BCUT2D eigenvalue weighted by molar-refractivity contribution is 14.0. The van der Waals surface area contributed by atoms with Crippen LogP contribution in [-0.2, 0) is 16.6 Å². The highest BCUT2D eigenvalue weighted by atomic mass is 127. The van der Waals surface area contributed by atoms with Gasteiger partial charge in [0.05, 0.1) is 5.75 Å². The first-order valence-electron chi connectivity index (χ1n) is 10.1. The van der Waals surface area contributed by atoms with E-state index < -0.39 is 10.0 Å². The zero-order valence-electron chi connectivity index (χ0n) is 18.1. The molecular weight excluding hydrogens is 501 g/mol. The van der Waals surface area contributed by atoms with Crippen LogP contribution in [-0.4, -0.2) is 64.3 Å². The Balaban J connectivity index is 0.00000784. The van der Waals surface area contributed by atoms with Gasteiger partial charge in [-0.1, -0.05) is 30.3 Å². The molecule has 1 aromatic rings. The minimum Gasteiger partial charge on any atom is -0.357 e. The molecule has 3 N–H and O–H groups in total. The van der Waals surface area contributed by atoms with Crippen LogP contribution >= 0.6 is 24.0 Å². The van der Waals surface area contributed by atoms with E-state index in [-0.39, 0.29) is 29.7 Å². The lowest BCUT2D eigenvalue weighted by atomic mass is 10.1. The monoisotopic (exact) mass is 539 g/mol. The molecular formula is C20H38IN5O2S. The number of sulfonamides is 1. The maximum atomic E-state index is 11.4. The molecule has 168 valence electrons. The number of benzene rings is 1. The Kier molecular flexibility index (Phi) is 15.4. The van der Waals surface area contributed by atoms with Gasteiger partial charge in [-0.3, -0.25) is 9.89 Å². The summed E-state index contributed by atoms with van der Waals surface area (Å²) in [5.41, 5.74) is 1.32.